The number of rotatable bonds is 2. The van der Waals surface area contributed by atoms with Crippen molar-refractivity contribution >= 4 is 57.2 Å². The van der Waals surface area contributed by atoms with Crippen molar-refractivity contribution in [2.75, 3.05) is 9.80 Å². The third-order valence-corrected chi connectivity index (χ3v) is 17.4. The number of hydrogen-bond donors (Lipinski definition) is 0. The van der Waals surface area contributed by atoms with Crippen molar-refractivity contribution < 1.29 is 0 Å². The number of para-hydroxylation sites is 2. The van der Waals surface area contributed by atoms with Gasteiger partial charge in [-0.2, -0.15) is 0 Å². The smallest absolute Gasteiger partial charge is 0.252 e. The second kappa shape index (κ2) is 11.1. The monoisotopic (exact) mass is 756 g/mol. The minimum absolute atomic E-state index is 0.0984. The van der Waals surface area contributed by atoms with Gasteiger partial charge in [0.2, 0.25) is 0 Å². The summed E-state index contributed by atoms with van der Waals surface area (Å²) in [4.78, 5) is 5.30. The fourth-order valence-electron chi connectivity index (χ4n) is 15.6. The average Bonchev–Trinajstić information content (AvgIpc) is 4.17. The lowest BCUT2D eigenvalue weighted by Crippen LogP contribution is -2.62. The van der Waals surface area contributed by atoms with Crippen LogP contribution in [0.5, 0.6) is 0 Å². The number of fused-ring (bicyclic) bond motifs is 21. The number of nitrogens with zero attached hydrogens (tertiary/aromatic N) is 2. The van der Waals surface area contributed by atoms with Crippen molar-refractivity contribution in [3.8, 4) is 22.3 Å². The third kappa shape index (κ3) is 3.71. The molecule has 282 valence electrons. The van der Waals surface area contributed by atoms with E-state index in [9.17, 15) is 0 Å². The molecular formula is C56H45BN2. The fraction of sp³-hybridized carbons (Fsp3) is 0.250. The molecule has 4 fully saturated rings. The first-order valence-electron chi connectivity index (χ1n) is 22.6. The van der Waals surface area contributed by atoms with Crippen LogP contribution >= 0.6 is 0 Å². The molecule has 4 saturated carbocycles. The molecule has 0 N–H and O–H groups in total. The van der Waals surface area contributed by atoms with Crippen LogP contribution in [0.4, 0.5) is 34.1 Å². The van der Waals surface area contributed by atoms with Crippen LogP contribution < -0.4 is 26.2 Å². The molecule has 2 nitrogen and oxygen atoms in total. The van der Waals surface area contributed by atoms with E-state index in [2.05, 4.69) is 161 Å². The van der Waals surface area contributed by atoms with Gasteiger partial charge in [0.05, 0.1) is 5.69 Å². The molecule has 59 heavy (non-hydrogen) atoms. The van der Waals surface area contributed by atoms with Gasteiger partial charge in [-0.3, -0.25) is 0 Å². The van der Waals surface area contributed by atoms with Crippen molar-refractivity contribution in [3.05, 3.63) is 174 Å². The van der Waals surface area contributed by atoms with Crippen molar-refractivity contribution in [1.29, 1.82) is 0 Å². The van der Waals surface area contributed by atoms with E-state index in [0.29, 0.717) is 0 Å². The molecule has 4 bridgehead atoms. The minimum Gasteiger partial charge on any atom is -0.311 e. The lowest BCUT2D eigenvalue weighted by atomic mass is 9.32. The Hall–Kier alpha value is -5.80. The highest BCUT2D eigenvalue weighted by Gasteiger charge is 2.60. The van der Waals surface area contributed by atoms with Gasteiger partial charge in [0.25, 0.3) is 6.71 Å². The van der Waals surface area contributed by atoms with Crippen LogP contribution in [0.25, 0.3) is 22.3 Å². The predicted molar refractivity (Wildman–Crippen MR) is 244 cm³/mol. The average molecular weight is 757 g/mol. The molecule has 6 aliphatic carbocycles. The van der Waals surface area contributed by atoms with Crippen molar-refractivity contribution in [3.63, 3.8) is 0 Å². The molecule has 2 spiro atoms. The number of anilines is 6. The number of hydrogen-bond acceptors (Lipinski definition) is 2. The summed E-state index contributed by atoms with van der Waals surface area (Å²) in [7, 11) is 0. The van der Waals surface area contributed by atoms with E-state index in [0.717, 1.165) is 23.7 Å². The standard InChI is InChI=1S/C56H45BN2/c1-2-12-38(13-3-1)58-48-22-11-23-49-53(48)57(54-50(58)29-28-44-52(54)40-15-5-7-17-42(40)56(44)33-35-25-27-37(56)31-35)45-19-8-9-20-46(45)59(49)47-21-10-18-43-51(47)39-14-4-6-16-41(39)55(43)32-34-24-26-36(55)30-34/h1-23,28-29,34-37H,24-27,30-33H2/t34?,35?,36-,37?,55-,56-/m0/s1. The molecular weight excluding hydrogens is 711 g/mol. The second-order valence-corrected chi connectivity index (χ2v) is 19.5. The topological polar surface area (TPSA) is 6.48 Å². The van der Waals surface area contributed by atoms with Crippen LogP contribution in [0.2, 0.25) is 0 Å². The Bertz CT molecular complexity index is 2990. The first kappa shape index (κ1) is 32.1. The largest absolute Gasteiger partial charge is 0.311 e. The van der Waals surface area contributed by atoms with Crippen LogP contribution in [-0.4, -0.2) is 6.71 Å². The van der Waals surface area contributed by atoms with Gasteiger partial charge in [-0.15, -0.1) is 0 Å². The second-order valence-electron chi connectivity index (χ2n) is 19.5. The molecule has 2 aliphatic heterocycles. The van der Waals surface area contributed by atoms with E-state index in [1.165, 1.54) is 124 Å². The van der Waals surface area contributed by atoms with Crippen LogP contribution in [0.15, 0.2) is 152 Å². The normalized spacial score (nSPS) is 27.5. The van der Waals surface area contributed by atoms with Gasteiger partial charge in [-0.1, -0.05) is 122 Å². The van der Waals surface area contributed by atoms with Gasteiger partial charge in [-0.05, 0) is 160 Å². The molecule has 2 heterocycles. The molecule has 0 saturated heterocycles. The lowest BCUT2D eigenvalue weighted by molar-refractivity contribution is 0.327. The lowest BCUT2D eigenvalue weighted by Gasteiger charge is -2.45. The third-order valence-electron chi connectivity index (χ3n) is 17.4. The van der Waals surface area contributed by atoms with E-state index >= 15 is 0 Å². The quantitative estimate of drug-likeness (QED) is 0.162. The Morgan fingerprint density at radius 1 is 0.407 bits per heavy atom. The minimum atomic E-state index is 0.0984. The van der Waals surface area contributed by atoms with Gasteiger partial charge in [0, 0.05) is 44.8 Å². The van der Waals surface area contributed by atoms with Crippen LogP contribution in [-0.2, 0) is 10.8 Å². The Labute approximate surface area is 347 Å². The zero-order valence-corrected chi connectivity index (χ0v) is 33.4. The van der Waals surface area contributed by atoms with E-state index in [1.54, 1.807) is 22.3 Å². The highest BCUT2D eigenvalue weighted by atomic mass is 15.2. The highest BCUT2D eigenvalue weighted by Crippen LogP contribution is 2.68. The summed E-state index contributed by atoms with van der Waals surface area (Å²) >= 11 is 0. The maximum Gasteiger partial charge on any atom is 0.252 e. The number of benzene rings is 7. The SMILES string of the molecule is c1ccc(N2c3cccc4c3B(c3ccccc3N4c3cccc4c3-c3ccccc3[C@@]43CC4CC[C@H]3C4)c3c2ccc2c3-c3ccccc3[C@@]23CC2CCC3C2)cc1. The van der Waals surface area contributed by atoms with E-state index in [1.807, 2.05) is 0 Å². The fourth-order valence-corrected chi connectivity index (χ4v) is 15.6. The molecule has 0 amide bonds. The first-order valence-corrected chi connectivity index (χ1v) is 22.6. The van der Waals surface area contributed by atoms with Gasteiger partial charge < -0.3 is 9.80 Å². The zero-order chi connectivity index (χ0) is 38.2. The van der Waals surface area contributed by atoms with Crippen LogP contribution in [0, 0.1) is 23.7 Å². The van der Waals surface area contributed by atoms with Crippen LogP contribution in [0.3, 0.4) is 0 Å². The van der Waals surface area contributed by atoms with E-state index < -0.39 is 0 Å². The summed E-state index contributed by atoms with van der Waals surface area (Å²) in [5.74, 6) is 3.13. The van der Waals surface area contributed by atoms with Gasteiger partial charge in [-0.25, -0.2) is 0 Å². The molecule has 0 aromatic heterocycles. The summed E-state index contributed by atoms with van der Waals surface area (Å²) < 4.78 is 0. The van der Waals surface area contributed by atoms with Gasteiger partial charge in [0.15, 0.2) is 0 Å². The molecule has 8 aliphatic rings. The summed E-state index contributed by atoms with van der Waals surface area (Å²) in [6.45, 7) is 0.0984. The Morgan fingerprint density at radius 3 is 1.64 bits per heavy atom. The van der Waals surface area contributed by atoms with Crippen molar-refractivity contribution in [2.45, 2.75) is 62.2 Å². The molecule has 3 heteroatoms. The molecule has 3 unspecified atom stereocenters. The summed E-state index contributed by atoms with van der Waals surface area (Å²) in [6, 6.07) is 59.4. The van der Waals surface area contributed by atoms with Gasteiger partial charge in [0.1, 0.15) is 0 Å². The summed E-state index contributed by atoms with van der Waals surface area (Å²) in [5, 5.41) is 0. The van der Waals surface area contributed by atoms with Crippen molar-refractivity contribution in [2.24, 2.45) is 23.7 Å². The maximum absolute atomic E-state index is 2.69. The van der Waals surface area contributed by atoms with Crippen molar-refractivity contribution in [1.82, 2.24) is 0 Å². The highest BCUT2D eigenvalue weighted by molar-refractivity contribution is 7.01. The summed E-state index contributed by atoms with van der Waals surface area (Å²) in [5.41, 5.74) is 24.7. The first-order chi connectivity index (χ1) is 29.2. The van der Waals surface area contributed by atoms with E-state index in [4.69, 9.17) is 0 Å². The molecule has 0 radical (unpaired) electrons. The van der Waals surface area contributed by atoms with Crippen LogP contribution in [0.1, 0.15) is 73.6 Å². The molecule has 7 aromatic carbocycles. The predicted octanol–water partition coefficient (Wildman–Crippen LogP) is 11.9. The Morgan fingerprint density at radius 2 is 0.949 bits per heavy atom. The summed E-state index contributed by atoms with van der Waals surface area (Å²) in [6.07, 6.45) is 10.9. The molecule has 6 atom stereocenters. The zero-order valence-electron chi connectivity index (χ0n) is 33.4. The molecule has 15 rings (SSSR count). The van der Waals surface area contributed by atoms with E-state index in [-0.39, 0.29) is 17.5 Å². The molecule has 7 aromatic rings. The van der Waals surface area contributed by atoms with Gasteiger partial charge >= 0.3 is 0 Å². The maximum atomic E-state index is 2.69. The Balaban J connectivity index is 1.03. The Kier molecular flexibility index (Phi) is 6.02.